The third-order valence-corrected chi connectivity index (χ3v) is 18.8. The van der Waals surface area contributed by atoms with E-state index < -0.39 is 74.4 Å². The molecule has 14 unspecified atom stereocenters. The zero-order valence-electron chi connectivity index (χ0n) is 30.3. The molecular formula is C40H56O10. The van der Waals surface area contributed by atoms with Crippen molar-refractivity contribution < 1.29 is 49.1 Å². The van der Waals surface area contributed by atoms with Gasteiger partial charge in [0.15, 0.2) is 17.2 Å². The van der Waals surface area contributed by atoms with Crippen LogP contribution in [-0.4, -0.2) is 79.5 Å². The molecule has 0 aromatic rings. The van der Waals surface area contributed by atoms with Gasteiger partial charge in [-0.1, -0.05) is 20.3 Å². The van der Waals surface area contributed by atoms with Crippen LogP contribution in [0.4, 0.5) is 0 Å². The summed E-state index contributed by atoms with van der Waals surface area (Å²) in [6.45, 7) is 6.99. The van der Waals surface area contributed by atoms with Gasteiger partial charge in [0, 0.05) is 22.2 Å². The van der Waals surface area contributed by atoms with E-state index in [1.165, 1.54) is 0 Å². The van der Waals surface area contributed by atoms with Crippen LogP contribution in [0, 0.1) is 56.2 Å². The van der Waals surface area contributed by atoms with E-state index in [-0.39, 0.29) is 53.7 Å². The number of ether oxygens (including phenoxy) is 2. The van der Waals surface area contributed by atoms with Gasteiger partial charge in [-0.25, -0.2) is 0 Å². The summed E-state index contributed by atoms with van der Waals surface area (Å²) in [5, 5.41) is 45.9. The van der Waals surface area contributed by atoms with Gasteiger partial charge in [0.05, 0.1) is 17.4 Å². The highest BCUT2D eigenvalue weighted by Crippen LogP contribution is 2.78. The highest BCUT2D eigenvalue weighted by atomic mass is 16.6. The topological polar surface area (TPSA) is 168 Å². The van der Waals surface area contributed by atoms with Crippen LogP contribution in [0.2, 0.25) is 0 Å². The molecule has 2 spiro atoms. The monoisotopic (exact) mass is 696 g/mol. The molecule has 9 aliphatic rings. The average Bonchev–Trinajstić information content (AvgIpc) is 3.39. The summed E-state index contributed by atoms with van der Waals surface area (Å²) in [5.74, 6) is -1.76. The van der Waals surface area contributed by atoms with E-state index in [4.69, 9.17) is 9.47 Å². The van der Waals surface area contributed by atoms with E-state index in [1.54, 1.807) is 0 Å². The number of carbonyl (C=O) groups excluding carboxylic acids is 4. The third kappa shape index (κ3) is 3.32. The zero-order chi connectivity index (χ0) is 35.8. The highest BCUT2D eigenvalue weighted by molar-refractivity contribution is 5.99. The summed E-state index contributed by atoms with van der Waals surface area (Å²) >= 11 is 0. The predicted octanol–water partition coefficient (Wildman–Crippen LogP) is 3.96. The molecule has 0 aromatic carbocycles. The Morgan fingerprint density at radius 1 is 0.800 bits per heavy atom. The molecule has 1 heterocycles. The lowest BCUT2D eigenvalue weighted by Crippen LogP contribution is -2.67. The molecular weight excluding hydrogens is 640 g/mol. The minimum atomic E-state index is -2.28. The van der Waals surface area contributed by atoms with Gasteiger partial charge < -0.3 is 29.9 Å². The lowest BCUT2D eigenvalue weighted by molar-refractivity contribution is -0.234. The van der Waals surface area contributed by atoms with Gasteiger partial charge in [-0.15, -0.1) is 0 Å². The minimum Gasteiger partial charge on any atom is -0.462 e. The maximum Gasteiger partial charge on any atom is 0.312 e. The van der Waals surface area contributed by atoms with Crippen molar-refractivity contribution >= 4 is 23.5 Å². The maximum atomic E-state index is 14.9. The molecule has 276 valence electrons. The number of esters is 2. The van der Waals surface area contributed by atoms with Crippen LogP contribution in [0.15, 0.2) is 0 Å². The first kappa shape index (κ1) is 33.9. The van der Waals surface area contributed by atoms with E-state index in [9.17, 15) is 39.6 Å². The second kappa shape index (κ2) is 9.61. The Bertz CT molecular complexity index is 1610. The van der Waals surface area contributed by atoms with Crippen molar-refractivity contribution in [3.05, 3.63) is 0 Å². The van der Waals surface area contributed by atoms with E-state index in [0.29, 0.717) is 57.8 Å². The highest BCUT2D eigenvalue weighted by Gasteiger charge is 2.85. The van der Waals surface area contributed by atoms with Crippen molar-refractivity contribution in [3.8, 4) is 0 Å². The molecule has 9 fully saturated rings. The minimum absolute atomic E-state index is 0.0143. The quantitative estimate of drug-likeness (QED) is 0.316. The van der Waals surface area contributed by atoms with Gasteiger partial charge in [-0.2, -0.15) is 0 Å². The number of carbonyl (C=O) groups is 4. The molecule has 0 amide bonds. The number of fused-ring (bicyclic) bond motifs is 4. The van der Waals surface area contributed by atoms with Gasteiger partial charge in [0.2, 0.25) is 0 Å². The fraction of sp³-hybridized carbons (Fsp3) is 0.900. The molecule has 10 heteroatoms. The molecule has 8 aliphatic carbocycles. The normalized spacial score (nSPS) is 58.8. The number of aliphatic hydroxyl groups excluding tert-OH is 1. The van der Waals surface area contributed by atoms with Crippen molar-refractivity contribution in [1.29, 1.82) is 0 Å². The first-order valence-corrected chi connectivity index (χ1v) is 19.6. The summed E-state index contributed by atoms with van der Waals surface area (Å²) in [4.78, 5) is 56.6. The van der Waals surface area contributed by atoms with Crippen LogP contribution >= 0.6 is 0 Å². The van der Waals surface area contributed by atoms with E-state index >= 15 is 0 Å². The van der Waals surface area contributed by atoms with Crippen LogP contribution in [0.25, 0.3) is 0 Å². The van der Waals surface area contributed by atoms with Crippen LogP contribution in [0.3, 0.4) is 0 Å². The SMILES string of the molecule is CC1(C(=O)OCC2(O)C(=O)C34CCC5C6(C)CCCC5(OC6=O)C3(C)CCC2(O)C4)CCCC2(C)C1CCC13CC(CCC12)C(O)(CO)C3=O. The molecule has 14 atom stereocenters. The molecule has 10 nitrogen and oxygen atoms in total. The van der Waals surface area contributed by atoms with Gasteiger partial charge in [0.25, 0.3) is 0 Å². The van der Waals surface area contributed by atoms with Gasteiger partial charge >= 0.3 is 11.9 Å². The Balaban J connectivity index is 0.990. The van der Waals surface area contributed by atoms with Crippen molar-refractivity contribution in [2.45, 2.75) is 153 Å². The number of hydrogen-bond acceptors (Lipinski definition) is 10. The smallest absolute Gasteiger partial charge is 0.312 e. The van der Waals surface area contributed by atoms with Crippen molar-refractivity contribution in [2.75, 3.05) is 13.2 Å². The summed E-state index contributed by atoms with van der Waals surface area (Å²) in [5.41, 5.74) is -11.0. The van der Waals surface area contributed by atoms with Crippen molar-refractivity contribution in [1.82, 2.24) is 0 Å². The number of Topliss-reactive ketones (excluding diaryl/α,β-unsaturated/α-hetero) is 2. The largest absolute Gasteiger partial charge is 0.462 e. The Hall–Kier alpha value is -1.88. The van der Waals surface area contributed by atoms with Crippen LogP contribution in [0.1, 0.15) is 130 Å². The fourth-order valence-electron chi connectivity index (χ4n) is 16.1. The molecule has 9 rings (SSSR count). The molecule has 4 N–H and O–H groups in total. The second-order valence-corrected chi connectivity index (χ2v) is 20.0. The van der Waals surface area contributed by atoms with E-state index in [2.05, 4.69) is 6.92 Å². The van der Waals surface area contributed by atoms with Gasteiger partial charge in [-0.3, -0.25) is 19.2 Å². The van der Waals surface area contributed by atoms with Gasteiger partial charge in [-0.05, 0) is 133 Å². The van der Waals surface area contributed by atoms with Crippen molar-refractivity contribution in [3.63, 3.8) is 0 Å². The Kier molecular flexibility index (Phi) is 6.52. The summed E-state index contributed by atoms with van der Waals surface area (Å²) in [7, 11) is 0. The number of aliphatic hydroxyl groups is 4. The molecule has 0 aromatic heterocycles. The zero-order valence-corrected chi connectivity index (χ0v) is 30.3. The summed E-state index contributed by atoms with van der Waals surface area (Å²) in [6.07, 6.45) is 9.27. The van der Waals surface area contributed by atoms with E-state index in [1.807, 2.05) is 20.8 Å². The third-order valence-electron chi connectivity index (χ3n) is 18.8. The fourth-order valence-corrected chi connectivity index (χ4v) is 16.1. The van der Waals surface area contributed by atoms with Crippen LogP contribution < -0.4 is 0 Å². The molecule has 0 radical (unpaired) electrons. The standard InChI is InChI=1S/C40H56O10/c1-31-11-5-12-32(2,24(31)9-15-35-19-23(7-8-25(31)35)38(47,21-41)27(35)42)29(44)49-22-39(48)28(43)36-16-10-26-33(3)13-6-14-40(26,50-30(33)45)34(36,4)17-18-37(39,46)20-36/h23-26,41,46-48H,5-22H2,1-4H3. The maximum absolute atomic E-state index is 14.9. The number of rotatable bonds is 4. The summed E-state index contributed by atoms with van der Waals surface area (Å²) in [6, 6.07) is 0. The molecule has 50 heavy (non-hydrogen) atoms. The lowest BCUT2D eigenvalue weighted by atomic mass is 9.39. The number of ketones is 2. The molecule has 1 aliphatic heterocycles. The summed E-state index contributed by atoms with van der Waals surface area (Å²) < 4.78 is 12.5. The van der Waals surface area contributed by atoms with Gasteiger partial charge in [0.1, 0.15) is 23.4 Å². The number of hydrogen-bond donors (Lipinski definition) is 4. The Morgan fingerprint density at radius 3 is 2.26 bits per heavy atom. The molecule has 1 saturated heterocycles. The molecule has 6 bridgehead atoms. The first-order valence-electron chi connectivity index (χ1n) is 19.6. The lowest BCUT2D eigenvalue weighted by Gasteiger charge is -2.64. The Morgan fingerprint density at radius 2 is 1.52 bits per heavy atom. The average molecular weight is 697 g/mol. The van der Waals surface area contributed by atoms with Crippen LogP contribution in [0.5, 0.6) is 0 Å². The Labute approximate surface area is 294 Å². The van der Waals surface area contributed by atoms with E-state index in [0.717, 1.165) is 32.1 Å². The van der Waals surface area contributed by atoms with Crippen molar-refractivity contribution in [2.24, 2.45) is 56.2 Å². The first-order chi connectivity index (χ1) is 23.3. The second-order valence-electron chi connectivity index (χ2n) is 20.0. The van der Waals surface area contributed by atoms with Crippen LogP contribution in [-0.2, 0) is 28.7 Å². The molecule has 8 saturated carbocycles. The predicted molar refractivity (Wildman–Crippen MR) is 177 cm³/mol.